The number of rotatable bonds is 2. The first-order valence-electron chi connectivity index (χ1n) is 5.62. The zero-order chi connectivity index (χ0) is 13.1. The van der Waals surface area contributed by atoms with Crippen molar-refractivity contribution in [1.82, 2.24) is 4.90 Å². The molecule has 1 fully saturated rings. The Morgan fingerprint density at radius 1 is 1.41 bits per heavy atom. The monoisotopic (exact) mass is 241 g/mol. The second kappa shape index (κ2) is 5.31. The maximum absolute atomic E-state index is 11.8. The number of carbonyl (C=O) groups excluding carboxylic acids is 1. The molecule has 0 aromatic carbocycles. The van der Waals surface area contributed by atoms with Crippen LogP contribution in [0.15, 0.2) is 12.2 Å². The second-order valence-electron chi connectivity index (χ2n) is 5.18. The van der Waals surface area contributed by atoms with Crippen LogP contribution in [0.5, 0.6) is 0 Å². The first-order valence-corrected chi connectivity index (χ1v) is 5.62. The van der Waals surface area contributed by atoms with Gasteiger partial charge in [-0.15, -0.1) is 0 Å². The molecule has 17 heavy (non-hydrogen) atoms. The largest absolute Gasteiger partial charge is 0.479 e. The van der Waals surface area contributed by atoms with Crippen LogP contribution in [-0.2, 0) is 14.3 Å². The number of nitrogens with zero attached hydrogens (tertiary/aromatic N) is 1. The zero-order valence-corrected chi connectivity index (χ0v) is 10.5. The van der Waals surface area contributed by atoms with Gasteiger partial charge in [-0.25, -0.2) is 4.79 Å². The number of hydrogen-bond acceptors (Lipinski definition) is 3. The average molecular weight is 241 g/mol. The highest BCUT2D eigenvalue weighted by Crippen LogP contribution is 2.15. The van der Waals surface area contributed by atoms with Gasteiger partial charge in [0.05, 0.1) is 13.2 Å². The summed E-state index contributed by atoms with van der Waals surface area (Å²) >= 11 is 0. The van der Waals surface area contributed by atoms with E-state index >= 15 is 0 Å². The Bertz CT molecular complexity index is 330. The molecule has 0 aromatic rings. The Labute approximate surface area is 101 Å². The minimum Gasteiger partial charge on any atom is -0.479 e. The van der Waals surface area contributed by atoms with E-state index in [1.807, 2.05) is 26.8 Å². The first-order chi connectivity index (χ1) is 7.79. The van der Waals surface area contributed by atoms with Crippen LogP contribution in [0.2, 0.25) is 0 Å². The SMILES string of the molecule is CC(C)(C)C=CC(=O)N1CCOC(C(=O)O)C1. The van der Waals surface area contributed by atoms with Crippen LogP contribution in [0.4, 0.5) is 0 Å². The fourth-order valence-corrected chi connectivity index (χ4v) is 1.43. The number of carbonyl (C=O) groups is 2. The van der Waals surface area contributed by atoms with Crippen LogP contribution < -0.4 is 0 Å². The van der Waals surface area contributed by atoms with E-state index < -0.39 is 12.1 Å². The van der Waals surface area contributed by atoms with Crippen molar-refractivity contribution >= 4 is 11.9 Å². The minimum absolute atomic E-state index is 0.0614. The van der Waals surface area contributed by atoms with Crippen LogP contribution in [0.25, 0.3) is 0 Å². The Balaban J connectivity index is 2.58. The van der Waals surface area contributed by atoms with Crippen molar-refractivity contribution in [2.24, 2.45) is 5.41 Å². The normalized spacial score (nSPS) is 21.8. The summed E-state index contributed by atoms with van der Waals surface area (Å²) in [6.45, 7) is 6.81. The van der Waals surface area contributed by atoms with Crippen LogP contribution in [0.3, 0.4) is 0 Å². The Kier molecular flexibility index (Phi) is 4.28. The second-order valence-corrected chi connectivity index (χ2v) is 5.18. The molecule has 1 heterocycles. The van der Waals surface area contributed by atoms with E-state index in [0.29, 0.717) is 6.54 Å². The maximum atomic E-state index is 11.8. The van der Waals surface area contributed by atoms with Crippen molar-refractivity contribution in [3.8, 4) is 0 Å². The van der Waals surface area contributed by atoms with Gasteiger partial charge in [0.2, 0.25) is 5.91 Å². The minimum atomic E-state index is -1.03. The number of hydrogen-bond donors (Lipinski definition) is 1. The predicted molar refractivity (Wildman–Crippen MR) is 62.6 cm³/mol. The topological polar surface area (TPSA) is 66.8 Å². The number of carboxylic acid groups (broad SMARTS) is 1. The summed E-state index contributed by atoms with van der Waals surface area (Å²) in [4.78, 5) is 24.1. The van der Waals surface area contributed by atoms with Crippen LogP contribution >= 0.6 is 0 Å². The van der Waals surface area contributed by atoms with Gasteiger partial charge in [0, 0.05) is 6.54 Å². The molecule has 0 spiro atoms. The Morgan fingerprint density at radius 3 is 2.59 bits per heavy atom. The van der Waals surface area contributed by atoms with Crippen molar-refractivity contribution in [1.29, 1.82) is 0 Å². The fourth-order valence-electron chi connectivity index (χ4n) is 1.43. The van der Waals surface area contributed by atoms with Gasteiger partial charge >= 0.3 is 5.97 Å². The maximum Gasteiger partial charge on any atom is 0.334 e. The molecular weight excluding hydrogens is 222 g/mol. The van der Waals surface area contributed by atoms with Gasteiger partial charge in [-0.2, -0.15) is 0 Å². The number of morpholine rings is 1. The molecular formula is C12H19NO4. The lowest BCUT2D eigenvalue weighted by Gasteiger charge is -2.30. The summed E-state index contributed by atoms with van der Waals surface area (Å²) < 4.78 is 5.05. The van der Waals surface area contributed by atoms with Crippen molar-refractivity contribution in [3.05, 3.63) is 12.2 Å². The number of ether oxygens (including phenoxy) is 1. The van der Waals surface area contributed by atoms with E-state index in [9.17, 15) is 9.59 Å². The van der Waals surface area contributed by atoms with Gasteiger partial charge in [-0.1, -0.05) is 26.8 Å². The summed E-state index contributed by atoms with van der Waals surface area (Å²) in [6, 6.07) is 0. The third-order valence-corrected chi connectivity index (χ3v) is 2.38. The smallest absolute Gasteiger partial charge is 0.334 e. The lowest BCUT2D eigenvalue weighted by atomic mass is 9.96. The van der Waals surface area contributed by atoms with Crippen molar-refractivity contribution in [2.45, 2.75) is 26.9 Å². The highest BCUT2D eigenvalue weighted by atomic mass is 16.5. The zero-order valence-electron chi connectivity index (χ0n) is 10.5. The number of carboxylic acids is 1. The van der Waals surface area contributed by atoms with Gasteiger partial charge in [-0.05, 0) is 11.5 Å². The van der Waals surface area contributed by atoms with E-state index in [1.165, 1.54) is 11.0 Å². The van der Waals surface area contributed by atoms with Crippen molar-refractivity contribution in [3.63, 3.8) is 0 Å². The summed E-state index contributed by atoms with van der Waals surface area (Å²) in [7, 11) is 0. The third-order valence-electron chi connectivity index (χ3n) is 2.38. The molecule has 5 heteroatoms. The lowest BCUT2D eigenvalue weighted by molar-refractivity contribution is -0.158. The van der Waals surface area contributed by atoms with Crippen molar-refractivity contribution < 1.29 is 19.4 Å². The molecule has 1 N–H and O–H groups in total. The fraction of sp³-hybridized carbons (Fsp3) is 0.667. The predicted octanol–water partition coefficient (Wildman–Crippen LogP) is 0.901. The molecule has 0 radical (unpaired) electrons. The first kappa shape index (κ1) is 13.7. The van der Waals surface area contributed by atoms with Gasteiger partial charge in [-0.3, -0.25) is 4.79 Å². The molecule has 0 aromatic heterocycles. The highest BCUT2D eigenvalue weighted by Gasteiger charge is 2.28. The summed E-state index contributed by atoms with van der Waals surface area (Å²) in [6.07, 6.45) is 2.42. The molecule has 1 atom stereocenters. The van der Waals surface area contributed by atoms with Crippen molar-refractivity contribution in [2.75, 3.05) is 19.7 Å². The van der Waals surface area contributed by atoms with E-state index in [0.717, 1.165) is 0 Å². The summed E-state index contributed by atoms with van der Waals surface area (Å²) in [5, 5.41) is 8.82. The van der Waals surface area contributed by atoms with Gasteiger partial charge in [0.1, 0.15) is 0 Å². The molecule has 1 amide bonds. The quantitative estimate of drug-likeness (QED) is 0.729. The van der Waals surface area contributed by atoms with Gasteiger partial charge in [0.25, 0.3) is 0 Å². The summed E-state index contributed by atoms with van der Waals surface area (Å²) in [5.41, 5.74) is -0.0614. The van der Waals surface area contributed by atoms with Crippen LogP contribution in [0, 0.1) is 5.41 Å². The number of amides is 1. The lowest BCUT2D eigenvalue weighted by Crippen LogP contribution is -2.48. The van der Waals surface area contributed by atoms with E-state index in [4.69, 9.17) is 9.84 Å². The Hall–Kier alpha value is -1.36. The third kappa shape index (κ3) is 4.56. The van der Waals surface area contributed by atoms with Crippen LogP contribution in [0.1, 0.15) is 20.8 Å². The molecule has 96 valence electrons. The van der Waals surface area contributed by atoms with E-state index in [2.05, 4.69) is 0 Å². The molecule has 1 aliphatic rings. The van der Waals surface area contributed by atoms with E-state index in [-0.39, 0.29) is 24.5 Å². The van der Waals surface area contributed by atoms with E-state index in [1.54, 1.807) is 0 Å². The number of allylic oxidation sites excluding steroid dienone is 1. The molecule has 5 nitrogen and oxygen atoms in total. The highest BCUT2D eigenvalue weighted by molar-refractivity contribution is 5.88. The molecule has 0 aliphatic carbocycles. The number of aliphatic carboxylic acids is 1. The van der Waals surface area contributed by atoms with Gasteiger partial charge < -0.3 is 14.7 Å². The standard InChI is InChI=1S/C12H19NO4/c1-12(2,3)5-4-10(14)13-6-7-17-9(8-13)11(15)16/h4-5,9H,6-8H2,1-3H3,(H,15,16). The molecule has 1 unspecified atom stereocenters. The molecule has 0 bridgehead atoms. The molecule has 1 saturated heterocycles. The summed E-state index contributed by atoms with van der Waals surface area (Å²) in [5.74, 6) is -1.18. The van der Waals surface area contributed by atoms with Gasteiger partial charge in [0.15, 0.2) is 6.10 Å². The van der Waals surface area contributed by atoms with Crippen LogP contribution in [-0.4, -0.2) is 47.7 Å². The molecule has 1 rings (SSSR count). The molecule has 1 aliphatic heterocycles. The Morgan fingerprint density at radius 2 is 2.06 bits per heavy atom. The molecule has 0 saturated carbocycles. The average Bonchev–Trinajstić information content (AvgIpc) is 2.25.